The van der Waals surface area contributed by atoms with Crippen molar-refractivity contribution in [1.82, 2.24) is 0 Å². The predicted molar refractivity (Wildman–Crippen MR) is 70.0 cm³/mol. The number of fused-ring (bicyclic) bond motifs is 1. The van der Waals surface area contributed by atoms with Gasteiger partial charge in [0.25, 0.3) is 0 Å². The van der Waals surface area contributed by atoms with Gasteiger partial charge in [0.15, 0.2) is 0 Å². The van der Waals surface area contributed by atoms with E-state index in [9.17, 15) is 4.79 Å². The number of carbonyl (C=O) groups is 1. The zero-order valence-corrected chi connectivity index (χ0v) is 11.1. The highest BCUT2D eigenvalue weighted by Crippen LogP contribution is 2.27. The molecule has 1 aliphatic rings. The number of aryl methyl sites for hydroxylation is 1. The van der Waals surface area contributed by atoms with Gasteiger partial charge in [0.2, 0.25) is 0 Å². The summed E-state index contributed by atoms with van der Waals surface area (Å²) in [6.45, 7) is 0.994. The third-order valence-electron chi connectivity index (χ3n) is 3.11. The molecule has 5 nitrogen and oxygen atoms in total. The number of methoxy groups -OCH3 is 1. The van der Waals surface area contributed by atoms with Crippen LogP contribution in [0, 0.1) is 0 Å². The third kappa shape index (κ3) is 3.68. The Hall–Kier alpha value is -1.59. The van der Waals surface area contributed by atoms with Gasteiger partial charge in [0, 0.05) is 0 Å². The van der Waals surface area contributed by atoms with Crippen LogP contribution in [0.3, 0.4) is 0 Å². The smallest absolute Gasteiger partial charge is 0.331 e. The Kier molecular flexibility index (Phi) is 4.76. The summed E-state index contributed by atoms with van der Waals surface area (Å²) >= 11 is 0. The van der Waals surface area contributed by atoms with Crippen molar-refractivity contribution in [2.45, 2.75) is 18.9 Å². The maximum atomic E-state index is 10.9. The molecule has 2 N–H and O–H groups in total. The first-order valence-electron chi connectivity index (χ1n) is 6.36. The lowest BCUT2D eigenvalue weighted by Crippen LogP contribution is -2.21. The third-order valence-corrected chi connectivity index (χ3v) is 3.11. The number of rotatable bonds is 5. The van der Waals surface area contributed by atoms with Crippen molar-refractivity contribution >= 4 is 5.97 Å². The molecule has 1 unspecified atom stereocenters. The zero-order valence-electron chi connectivity index (χ0n) is 11.1. The molecule has 2 rings (SSSR count). The Bertz CT molecular complexity index is 447. The minimum atomic E-state index is -0.397. The van der Waals surface area contributed by atoms with Crippen molar-refractivity contribution in [3.8, 4) is 5.75 Å². The molecule has 1 aromatic carbocycles. The highest BCUT2D eigenvalue weighted by molar-refractivity contribution is 5.70. The summed E-state index contributed by atoms with van der Waals surface area (Å²) in [5.74, 6) is 0.545. The summed E-state index contributed by atoms with van der Waals surface area (Å²) < 4.78 is 15.3. The normalized spacial score (nSPS) is 15.3. The highest BCUT2D eigenvalue weighted by atomic mass is 16.6. The molecule has 1 atom stereocenters. The van der Waals surface area contributed by atoms with Crippen molar-refractivity contribution in [3.05, 3.63) is 29.3 Å². The van der Waals surface area contributed by atoms with E-state index in [-0.39, 0.29) is 19.3 Å². The Labute approximate surface area is 112 Å². The number of carbonyl (C=O) groups excluding carboxylic acids is 1. The van der Waals surface area contributed by atoms with Crippen LogP contribution in [0.15, 0.2) is 18.2 Å². The average molecular weight is 265 g/mol. The Morgan fingerprint density at radius 2 is 2.37 bits per heavy atom. The van der Waals surface area contributed by atoms with Crippen LogP contribution in [-0.2, 0) is 20.7 Å². The Morgan fingerprint density at radius 1 is 1.53 bits per heavy atom. The first kappa shape index (κ1) is 13.8. The van der Waals surface area contributed by atoms with E-state index in [1.807, 2.05) is 12.1 Å². The van der Waals surface area contributed by atoms with E-state index >= 15 is 0 Å². The molecule has 0 saturated heterocycles. The fourth-order valence-corrected chi connectivity index (χ4v) is 2.04. The molecule has 0 aromatic heterocycles. The van der Waals surface area contributed by atoms with Gasteiger partial charge in [-0.25, -0.2) is 4.79 Å². The van der Waals surface area contributed by atoms with Crippen LogP contribution in [0.1, 0.15) is 23.6 Å². The molecule has 0 fully saturated rings. The van der Waals surface area contributed by atoms with Crippen LogP contribution in [-0.4, -0.2) is 32.9 Å². The second kappa shape index (κ2) is 6.54. The molecule has 1 heterocycles. The van der Waals surface area contributed by atoms with Crippen LogP contribution in [0.25, 0.3) is 0 Å². The largest absolute Gasteiger partial charge is 0.493 e. The van der Waals surface area contributed by atoms with Crippen LogP contribution in [0.5, 0.6) is 5.75 Å². The molecule has 1 aliphatic heterocycles. The molecule has 0 bridgehead atoms. The van der Waals surface area contributed by atoms with Gasteiger partial charge < -0.3 is 19.9 Å². The predicted octanol–water partition coefficient (Wildman–Crippen LogP) is 1.20. The number of nitrogens with two attached hydrogens (primary N) is 1. The second-order valence-corrected chi connectivity index (χ2v) is 4.52. The SMILES string of the molecule is COC(=O)COCC(N)c1ccc2c(c1)CCCO2. The summed E-state index contributed by atoms with van der Waals surface area (Å²) in [6.07, 6.45) is 2.05. The summed E-state index contributed by atoms with van der Waals surface area (Å²) in [5, 5.41) is 0. The monoisotopic (exact) mass is 265 g/mol. The van der Waals surface area contributed by atoms with Gasteiger partial charge in [-0.1, -0.05) is 12.1 Å². The van der Waals surface area contributed by atoms with E-state index in [0.717, 1.165) is 30.8 Å². The van der Waals surface area contributed by atoms with Gasteiger partial charge in [0.05, 0.1) is 26.4 Å². The molecule has 0 saturated carbocycles. The molecule has 19 heavy (non-hydrogen) atoms. The number of ether oxygens (including phenoxy) is 3. The van der Waals surface area contributed by atoms with E-state index < -0.39 is 5.97 Å². The minimum absolute atomic E-state index is 0.0712. The van der Waals surface area contributed by atoms with Crippen LogP contribution >= 0.6 is 0 Å². The van der Waals surface area contributed by atoms with Crippen LogP contribution in [0.2, 0.25) is 0 Å². The molecule has 1 aromatic rings. The standard InChI is InChI=1S/C14H19NO4/c1-17-14(16)9-18-8-12(15)10-4-5-13-11(7-10)3-2-6-19-13/h4-5,7,12H,2-3,6,8-9,15H2,1H3. The number of benzene rings is 1. The number of esters is 1. The molecule has 0 amide bonds. The van der Waals surface area contributed by atoms with E-state index in [0.29, 0.717) is 0 Å². The lowest BCUT2D eigenvalue weighted by atomic mass is 10.00. The topological polar surface area (TPSA) is 70.8 Å². The van der Waals surface area contributed by atoms with Gasteiger partial charge in [0.1, 0.15) is 12.4 Å². The Morgan fingerprint density at radius 3 is 3.16 bits per heavy atom. The molecule has 0 radical (unpaired) electrons. The molecule has 0 spiro atoms. The molecular formula is C14H19NO4. The van der Waals surface area contributed by atoms with Gasteiger partial charge >= 0.3 is 5.97 Å². The fraction of sp³-hybridized carbons (Fsp3) is 0.500. The van der Waals surface area contributed by atoms with Crippen molar-refractivity contribution in [2.24, 2.45) is 5.73 Å². The van der Waals surface area contributed by atoms with Crippen LogP contribution < -0.4 is 10.5 Å². The quantitative estimate of drug-likeness (QED) is 0.810. The minimum Gasteiger partial charge on any atom is -0.493 e. The highest BCUT2D eigenvalue weighted by Gasteiger charge is 2.14. The molecule has 5 heteroatoms. The maximum absolute atomic E-state index is 10.9. The summed E-state index contributed by atoms with van der Waals surface area (Å²) in [5.41, 5.74) is 8.22. The van der Waals surface area contributed by atoms with Gasteiger partial charge in [-0.3, -0.25) is 0 Å². The number of hydrogen-bond donors (Lipinski definition) is 1. The van der Waals surface area contributed by atoms with E-state index in [4.69, 9.17) is 15.2 Å². The lowest BCUT2D eigenvalue weighted by molar-refractivity contribution is -0.146. The van der Waals surface area contributed by atoms with Gasteiger partial charge in [-0.15, -0.1) is 0 Å². The van der Waals surface area contributed by atoms with E-state index in [1.165, 1.54) is 12.7 Å². The van der Waals surface area contributed by atoms with Crippen molar-refractivity contribution in [2.75, 3.05) is 26.9 Å². The summed E-state index contributed by atoms with van der Waals surface area (Å²) in [6, 6.07) is 5.69. The first-order chi connectivity index (χ1) is 9.20. The second-order valence-electron chi connectivity index (χ2n) is 4.52. The van der Waals surface area contributed by atoms with Crippen LogP contribution in [0.4, 0.5) is 0 Å². The summed E-state index contributed by atoms with van der Waals surface area (Å²) in [7, 11) is 1.33. The van der Waals surface area contributed by atoms with Gasteiger partial charge in [-0.2, -0.15) is 0 Å². The van der Waals surface area contributed by atoms with Gasteiger partial charge in [-0.05, 0) is 30.0 Å². The molecule has 0 aliphatic carbocycles. The summed E-state index contributed by atoms with van der Waals surface area (Å²) in [4.78, 5) is 10.9. The molecular weight excluding hydrogens is 246 g/mol. The number of hydrogen-bond acceptors (Lipinski definition) is 5. The zero-order chi connectivity index (χ0) is 13.7. The lowest BCUT2D eigenvalue weighted by Gasteiger charge is -2.19. The first-order valence-corrected chi connectivity index (χ1v) is 6.36. The Balaban J connectivity index is 1.91. The van der Waals surface area contributed by atoms with E-state index in [1.54, 1.807) is 0 Å². The van der Waals surface area contributed by atoms with Crippen molar-refractivity contribution in [1.29, 1.82) is 0 Å². The fourth-order valence-electron chi connectivity index (χ4n) is 2.04. The van der Waals surface area contributed by atoms with Crippen molar-refractivity contribution in [3.63, 3.8) is 0 Å². The molecule has 104 valence electrons. The van der Waals surface area contributed by atoms with Crippen molar-refractivity contribution < 1.29 is 19.0 Å². The maximum Gasteiger partial charge on any atom is 0.331 e. The average Bonchev–Trinajstić information content (AvgIpc) is 2.46. The van der Waals surface area contributed by atoms with E-state index in [2.05, 4.69) is 10.8 Å².